The number of H-pyrrole nitrogens is 1. The lowest BCUT2D eigenvalue weighted by Crippen LogP contribution is -1.80. The molecular formula is C16H10FN3O. The number of fused-ring (bicyclic) bond motifs is 1. The molecule has 0 radical (unpaired) electrons. The van der Waals surface area contributed by atoms with Gasteiger partial charge in [0.15, 0.2) is 5.88 Å². The monoisotopic (exact) mass is 279 g/mol. The zero-order valence-electron chi connectivity index (χ0n) is 10.8. The van der Waals surface area contributed by atoms with E-state index in [4.69, 9.17) is 5.26 Å². The van der Waals surface area contributed by atoms with Gasteiger partial charge in [-0.3, -0.25) is 4.99 Å². The Morgan fingerprint density at radius 3 is 2.67 bits per heavy atom. The molecule has 0 fully saturated rings. The summed E-state index contributed by atoms with van der Waals surface area (Å²) in [6.07, 6.45) is 1.47. The first-order valence-electron chi connectivity index (χ1n) is 6.22. The van der Waals surface area contributed by atoms with E-state index in [2.05, 4.69) is 9.98 Å². The maximum atomic E-state index is 13.3. The molecule has 0 saturated heterocycles. The highest BCUT2D eigenvalue weighted by molar-refractivity contribution is 6.02. The van der Waals surface area contributed by atoms with Crippen molar-refractivity contribution in [3.8, 4) is 11.9 Å². The summed E-state index contributed by atoms with van der Waals surface area (Å²) in [7, 11) is 0. The molecule has 21 heavy (non-hydrogen) atoms. The van der Waals surface area contributed by atoms with Gasteiger partial charge in [0.1, 0.15) is 5.82 Å². The van der Waals surface area contributed by atoms with Crippen molar-refractivity contribution < 1.29 is 9.50 Å². The topological polar surface area (TPSA) is 72.2 Å². The van der Waals surface area contributed by atoms with Gasteiger partial charge in [-0.15, -0.1) is 0 Å². The number of benzene rings is 2. The first-order chi connectivity index (χ1) is 10.2. The zero-order chi connectivity index (χ0) is 14.8. The van der Waals surface area contributed by atoms with Crippen LogP contribution in [0.15, 0.2) is 47.5 Å². The number of hydrogen-bond acceptors (Lipinski definition) is 3. The predicted octanol–water partition coefficient (Wildman–Crippen LogP) is 3.63. The van der Waals surface area contributed by atoms with Crippen LogP contribution in [0.2, 0.25) is 0 Å². The fourth-order valence-electron chi connectivity index (χ4n) is 2.06. The molecule has 0 bridgehead atoms. The van der Waals surface area contributed by atoms with Crippen molar-refractivity contribution in [2.24, 2.45) is 4.99 Å². The van der Waals surface area contributed by atoms with Crippen molar-refractivity contribution in [1.82, 2.24) is 4.98 Å². The summed E-state index contributed by atoms with van der Waals surface area (Å²) < 4.78 is 13.3. The summed E-state index contributed by atoms with van der Waals surface area (Å²) >= 11 is 0. The summed E-state index contributed by atoms with van der Waals surface area (Å²) in [4.78, 5) is 6.99. The van der Waals surface area contributed by atoms with Crippen LogP contribution in [0, 0.1) is 17.1 Å². The molecule has 102 valence electrons. The Labute approximate surface area is 119 Å². The van der Waals surface area contributed by atoms with Crippen molar-refractivity contribution in [2.75, 3.05) is 0 Å². The van der Waals surface area contributed by atoms with Crippen LogP contribution < -0.4 is 0 Å². The molecule has 2 aromatic carbocycles. The number of aromatic nitrogens is 1. The van der Waals surface area contributed by atoms with Crippen molar-refractivity contribution in [3.05, 3.63) is 59.4 Å². The third-order valence-corrected chi connectivity index (χ3v) is 3.12. The van der Waals surface area contributed by atoms with Crippen LogP contribution in [0.1, 0.15) is 11.1 Å². The van der Waals surface area contributed by atoms with Gasteiger partial charge >= 0.3 is 0 Å². The molecule has 0 aliphatic carbocycles. The van der Waals surface area contributed by atoms with E-state index in [1.165, 1.54) is 18.3 Å². The number of hydrogen-bond donors (Lipinski definition) is 2. The second-order valence-corrected chi connectivity index (χ2v) is 4.49. The lowest BCUT2D eigenvalue weighted by Gasteiger charge is -1.95. The number of nitrogens with one attached hydrogen (secondary N) is 1. The van der Waals surface area contributed by atoms with E-state index in [0.717, 1.165) is 0 Å². The molecule has 0 saturated carbocycles. The highest BCUT2D eigenvalue weighted by Crippen LogP contribution is 2.27. The van der Waals surface area contributed by atoms with Gasteiger partial charge in [-0.25, -0.2) is 4.39 Å². The van der Waals surface area contributed by atoms with Gasteiger partial charge in [-0.05, 0) is 42.5 Å². The molecule has 0 amide bonds. The van der Waals surface area contributed by atoms with Gasteiger partial charge in [0.25, 0.3) is 0 Å². The molecule has 1 heterocycles. The molecule has 0 atom stereocenters. The maximum absolute atomic E-state index is 13.3. The smallest absolute Gasteiger partial charge is 0.198 e. The van der Waals surface area contributed by atoms with Gasteiger partial charge in [0.05, 0.1) is 22.9 Å². The highest BCUT2D eigenvalue weighted by atomic mass is 19.1. The van der Waals surface area contributed by atoms with Crippen LogP contribution in [-0.2, 0) is 0 Å². The lowest BCUT2D eigenvalue weighted by atomic mass is 10.2. The van der Waals surface area contributed by atoms with Crippen molar-refractivity contribution in [3.63, 3.8) is 0 Å². The second-order valence-electron chi connectivity index (χ2n) is 4.49. The number of aliphatic imine (C=N–C) groups is 1. The number of halogens is 1. The minimum atomic E-state index is -0.380. The van der Waals surface area contributed by atoms with Crippen LogP contribution in [0.5, 0.6) is 5.88 Å². The molecular weight excluding hydrogens is 269 g/mol. The SMILES string of the molecule is N#Cc1ccc(N=Cc2c(O)[nH]c3ccc(F)cc23)cc1. The Bertz CT molecular complexity index is 873. The molecule has 2 N–H and O–H groups in total. The van der Waals surface area contributed by atoms with Crippen LogP contribution in [0.4, 0.5) is 10.1 Å². The molecule has 0 aliphatic heterocycles. The third-order valence-electron chi connectivity index (χ3n) is 3.12. The summed E-state index contributed by atoms with van der Waals surface area (Å²) in [5.41, 5.74) is 2.24. The molecule has 0 aliphatic rings. The van der Waals surface area contributed by atoms with Gasteiger partial charge in [0.2, 0.25) is 0 Å². The first kappa shape index (κ1) is 12.9. The van der Waals surface area contributed by atoms with Crippen molar-refractivity contribution in [1.29, 1.82) is 5.26 Å². The highest BCUT2D eigenvalue weighted by Gasteiger charge is 2.09. The number of nitrogens with zero attached hydrogens (tertiary/aromatic N) is 2. The molecule has 5 heteroatoms. The van der Waals surface area contributed by atoms with Gasteiger partial charge in [0, 0.05) is 17.1 Å². The van der Waals surface area contributed by atoms with Crippen LogP contribution in [0.25, 0.3) is 10.9 Å². The van der Waals surface area contributed by atoms with Gasteiger partial charge < -0.3 is 10.1 Å². The fourth-order valence-corrected chi connectivity index (χ4v) is 2.06. The molecule has 1 aromatic heterocycles. The largest absolute Gasteiger partial charge is 0.494 e. The van der Waals surface area contributed by atoms with Gasteiger partial charge in [-0.2, -0.15) is 5.26 Å². The molecule has 3 rings (SSSR count). The molecule has 0 unspecified atom stereocenters. The van der Waals surface area contributed by atoms with E-state index in [1.54, 1.807) is 30.3 Å². The van der Waals surface area contributed by atoms with Crippen molar-refractivity contribution in [2.45, 2.75) is 0 Å². The van der Waals surface area contributed by atoms with E-state index in [9.17, 15) is 9.50 Å². The zero-order valence-corrected chi connectivity index (χ0v) is 10.8. The molecule has 4 nitrogen and oxygen atoms in total. The van der Waals surface area contributed by atoms with Gasteiger partial charge in [-0.1, -0.05) is 0 Å². The van der Waals surface area contributed by atoms with E-state index in [0.29, 0.717) is 27.7 Å². The lowest BCUT2D eigenvalue weighted by molar-refractivity contribution is 0.457. The summed E-state index contributed by atoms with van der Waals surface area (Å²) in [5.74, 6) is -0.442. The predicted molar refractivity (Wildman–Crippen MR) is 78.3 cm³/mol. The Kier molecular flexibility index (Phi) is 3.13. The average Bonchev–Trinajstić information content (AvgIpc) is 2.80. The summed E-state index contributed by atoms with van der Waals surface area (Å²) in [6, 6.07) is 12.9. The molecule has 3 aromatic rings. The fraction of sp³-hybridized carbons (Fsp3) is 0. The van der Waals surface area contributed by atoms with Crippen LogP contribution in [0.3, 0.4) is 0 Å². The van der Waals surface area contributed by atoms with E-state index < -0.39 is 0 Å². The number of aromatic amines is 1. The summed E-state index contributed by atoms with van der Waals surface area (Å²) in [6.45, 7) is 0. The van der Waals surface area contributed by atoms with E-state index >= 15 is 0 Å². The Balaban J connectivity index is 2.00. The number of aromatic hydroxyl groups is 1. The minimum Gasteiger partial charge on any atom is -0.494 e. The minimum absolute atomic E-state index is 0.0620. The third kappa shape index (κ3) is 2.47. The number of nitriles is 1. The quantitative estimate of drug-likeness (QED) is 0.703. The Hall–Kier alpha value is -3.13. The first-order valence-corrected chi connectivity index (χ1v) is 6.22. The standard InChI is InChI=1S/C16H10FN3O/c17-11-3-6-15-13(7-11)14(16(21)20-15)9-19-12-4-1-10(8-18)2-5-12/h1-7,9,20-21H. The summed E-state index contributed by atoms with van der Waals surface area (Å²) in [5, 5.41) is 19.2. The Morgan fingerprint density at radius 2 is 1.95 bits per heavy atom. The van der Waals surface area contributed by atoms with E-state index in [1.807, 2.05) is 6.07 Å². The normalized spacial score (nSPS) is 11.0. The van der Waals surface area contributed by atoms with Crippen LogP contribution in [-0.4, -0.2) is 16.3 Å². The number of rotatable bonds is 2. The Morgan fingerprint density at radius 1 is 1.19 bits per heavy atom. The van der Waals surface area contributed by atoms with Crippen LogP contribution >= 0.6 is 0 Å². The average molecular weight is 279 g/mol. The van der Waals surface area contributed by atoms with Crippen molar-refractivity contribution >= 4 is 22.8 Å². The maximum Gasteiger partial charge on any atom is 0.198 e. The van der Waals surface area contributed by atoms with E-state index in [-0.39, 0.29) is 11.7 Å². The molecule has 0 spiro atoms. The second kappa shape index (κ2) is 5.10.